The average molecular weight is 477 g/mol. The van der Waals surface area contributed by atoms with E-state index >= 15 is 0 Å². The first-order valence-electron chi connectivity index (χ1n) is 11.1. The number of rotatable bonds is 5. The molecule has 6 rings (SSSR count). The lowest BCUT2D eigenvalue weighted by Gasteiger charge is -2.27. The second kappa shape index (κ2) is 7.14. The number of nitrogens with one attached hydrogen (secondary N) is 2. The SMILES string of the molecule is COC(=O)c1cc2c([nH]1)C(=O)C=C1N(C(=O)c3cc4cc(OC)c(OC)c(OC)c4[nH]3)CC3C[C@]123. The Kier molecular flexibility index (Phi) is 4.35. The zero-order valence-corrected chi connectivity index (χ0v) is 19.6. The number of aromatic nitrogens is 2. The number of amides is 1. The van der Waals surface area contributed by atoms with Crippen LogP contribution >= 0.6 is 0 Å². The molecule has 2 aromatic heterocycles. The molecule has 1 unspecified atom stereocenters. The van der Waals surface area contributed by atoms with Crippen LogP contribution in [0.25, 0.3) is 10.9 Å². The summed E-state index contributed by atoms with van der Waals surface area (Å²) in [5, 5.41) is 0.728. The molecule has 3 heterocycles. The van der Waals surface area contributed by atoms with Gasteiger partial charge in [0.2, 0.25) is 11.5 Å². The average Bonchev–Trinajstić information content (AvgIpc) is 3.21. The van der Waals surface area contributed by atoms with Gasteiger partial charge in [0, 0.05) is 29.1 Å². The predicted molar refractivity (Wildman–Crippen MR) is 123 cm³/mol. The third-order valence-corrected chi connectivity index (χ3v) is 7.37. The summed E-state index contributed by atoms with van der Waals surface area (Å²) in [4.78, 5) is 46.4. The van der Waals surface area contributed by atoms with Crippen molar-refractivity contribution in [3.63, 3.8) is 0 Å². The fourth-order valence-corrected chi connectivity index (χ4v) is 5.71. The summed E-state index contributed by atoms with van der Waals surface area (Å²) in [7, 11) is 5.87. The Hall–Kier alpha value is -4.21. The minimum atomic E-state index is -0.536. The smallest absolute Gasteiger partial charge is 0.354 e. The Balaban J connectivity index is 1.40. The van der Waals surface area contributed by atoms with Gasteiger partial charge in [0.05, 0.1) is 39.6 Å². The maximum Gasteiger partial charge on any atom is 0.354 e. The number of esters is 1. The molecule has 2 N–H and O–H groups in total. The molecule has 1 saturated heterocycles. The van der Waals surface area contributed by atoms with E-state index in [1.54, 1.807) is 23.1 Å². The first-order valence-corrected chi connectivity index (χ1v) is 11.1. The van der Waals surface area contributed by atoms with Crippen LogP contribution in [0.15, 0.2) is 30.0 Å². The second-order valence-electron chi connectivity index (χ2n) is 8.94. The van der Waals surface area contributed by atoms with Crippen molar-refractivity contribution < 1.29 is 33.3 Å². The largest absolute Gasteiger partial charge is 0.493 e. The maximum atomic E-state index is 13.7. The van der Waals surface area contributed by atoms with Crippen LogP contribution in [0.3, 0.4) is 0 Å². The van der Waals surface area contributed by atoms with Crippen LogP contribution in [0, 0.1) is 5.92 Å². The summed E-state index contributed by atoms with van der Waals surface area (Å²) in [6, 6.07) is 5.20. The zero-order valence-electron chi connectivity index (χ0n) is 19.6. The number of hydrogen-bond donors (Lipinski definition) is 2. The molecule has 180 valence electrons. The molecule has 3 aromatic rings. The fourth-order valence-electron chi connectivity index (χ4n) is 5.71. The van der Waals surface area contributed by atoms with Crippen LogP contribution < -0.4 is 14.2 Å². The standard InChI is InChI=1S/C25H23N3O7/c1-32-17-6-11-5-14(26-19(11)22(34-3)21(17)33-2)23(30)28-10-12-9-25(12)13-7-15(24(31)35-4)27-20(13)16(29)8-18(25)28/h5-8,12,26-27H,9-10H2,1-4H3/t12?,25-/m1/s1. The number of likely N-dealkylation sites (tertiary alicyclic amines) is 1. The van der Waals surface area contributed by atoms with E-state index in [2.05, 4.69) is 9.97 Å². The van der Waals surface area contributed by atoms with Gasteiger partial charge in [-0.2, -0.15) is 0 Å². The van der Waals surface area contributed by atoms with Gasteiger partial charge in [-0.15, -0.1) is 0 Å². The van der Waals surface area contributed by atoms with Crippen molar-refractivity contribution in [2.24, 2.45) is 5.92 Å². The van der Waals surface area contributed by atoms with Crippen molar-refractivity contribution in [3.05, 3.63) is 52.6 Å². The van der Waals surface area contributed by atoms with Crippen LogP contribution in [0.4, 0.5) is 0 Å². The monoisotopic (exact) mass is 477 g/mol. The molecule has 0 radical (unpaired) electrons. The Labute approximate surface area is 199 Å². The third-order valence-electron chi connectivity index (χ3n) is 7.37. The van der Waals surface area contributed by atoms with E-state index in [4.69, 9.17) is 18.9 Å². The van der Waals surface area contributed by atoms with E-state index in [0.717, 1.165) is 17.4 Å². The molecule has 3 aliphatic rings. The molecular weight excluding hydrogens is 454 g/mol. The predicted octanol–water partition coefficient (Wildman–Crippen LogP) is 2.80. The number of piperidine rings is 1. The molecule has 1 amide bonds. The summed E-state index contributed by atoms with van der Waals surface area (Å²) >= 11 is 0. The van der Waals surface area contributed by atoms with E-state index in [-0.39, 0.29) is 23.3 Å². The van der Waals surface area contributed by atoms with Crippen molar-refractivity contribution in [2.75, 3.05) is 35.0 Å². The maximum absolute atomic E-state index is 13.7. The molecule has 1 saturated carbocycles. The molecule has 35 heavy (non-hydrogen) atoms. The van der Waals surface area contributed by atoms with Gasteiger partial charge in [0.25, 0.3) is 5.91 Å². The Morgan fingerprint density at radius 1 is 1.00 bits per heavy atom. The molecule has 2 aliphatic carbocycles. The third kappa shape index (κ3) is 2.67. The molecule has 2 fully saturated rings. The number of H-pyrrole nitrogens is 2. The number of carbonyl (C=O) groups excluding carboxylic acids is 3. The van der Waals surface area contributed by atoms with E-state index < -0.39 is 11.4 Å². The summed E-state index contributed by atoms with van der Waals surface area (Å²) in [6.45, 7) is 0.481. The number of fused-ring (bicyclic) bond motifs is 2. The van der Waals surface area contributed by atoms with Gasteiger partial charge in [-0.25, -0.2) is 4.79 Å². The highest BCUT2D eigenvalue weighted by molar-refractivity contribution is 6.10. The van der Waals surface area contributed by atoms with Gasteiger partial charge in [0.15, 0.2) is 11.5 Å². The van der Waals surface area contributed by atoms with Crippen molar-refractivity contribution in [3.8, 4) is 17.2 Å². The number of carbonyl (C=O) groups is 3. The summed E-state index contributed by atoms with van der Waals surface area (Å²) in [6.07, 6.45) is 2.33. The van der Waals surface area contributed by atoms with E-state index in [1.165, 1.54) is 34.5 Å². The van der Waals surface area contributed by atoms with Crippen molar-refractivity contribution in [1.82, 2.24) is 14.9 Å². The summed E-state index contributed by atoms with van der Waals surface area (Å²) in [5.74, 6) is 0.454. The lowest BCUT2D eigenvalue weighted by atomic mass is 9.85. The van der Waals surface area contributed by atoms with Gasteiger partial charge >= 0.3 is 5.97 Å². The number of hydrogen-bond acceptors (Lipinski definition) is 7. The first-order chi connectivity index (χ1) is 16.9. The first kappa shape index (κ1) is 21.3. The molecule has 10 heteroatoms. The summed E-state index contributed by atoms with van der Waals surface area (Å²) in [5.41, 5.74) is 2.56. The van der Waals surface area contributed by atoms with E-state index in [1.807, 2.05) is 0 Å². The van der Waals surface area contributed by atoms with Gasteiger partial charge in [-0.3, -0.25) is 9.59 Å². The van der Waals surface area contributed by atoms with E-state index in [0.29, 0.717) is 46.4 Å². The highest BCUT2D eigenvalue weighted by Gasteiger charge is 2.68. The summed E-state index contributed by atoms with van der Waals surface area (Å²) < 4.78 is 21.2. The molecule has 0 bridgehead atoms. The number of nitrogens with zero attached hydrogens (tertiary/aromatic N) is 1. The van der Waals surface area contributed by atoms with Crippen LogP contribution in [0.5, 0.6) is 17.2 Å². The molecule has 10 nitrogen and oxygen atoms in total. The number of aromatic amines is 2. The van der Waals surface area contributed by atoms with Crippen LogP contribution in [-0.2, 0) is 10.2 Å². The highest BCUT2D eigenvalue weighted by Crippen LogP contribution is 2.66. The number of benzene rings is 1. The fraction of sp³-hybridized carbons (Fsp3) is 0.320. The Morgan fingerprint density at radius 3 is 2.46 bits per heavy atom. The minimum absolute atomic E-state index is 0.171. The molecule has 1 aliphatic heterocycles. The van der Waals surface area contributed by atoms with Gasteiger partial charge in [-0.05, 0) is 36.1 Å². The molecule has 1 aromatic carbocycles. The van der Waals surface area contributed by atoms with Crippen molar-refractivity contribution >= 4 is 28.6 Å². The lowest BCUT2D eigenvalue weighted by molar-refractivity contribution is 0.0594. The Bertz CT molecular complexity index is 1480. The highest BCUT2D eigenvalue weighted by atomic mass is 16.5. The van der Waals surface area contributed by atoms with Crippen LogP contribution in [0.2, 0.25) is 0 Å². The minimum Gasteiger partial charge on any atom is -0.493 e. The van der Waals surface area contributed by atoms with Crippen LogP contribution in [-0.4, -0.2) is 67.5 Å². The second-order valence-corrected chi connectivity index (χ2v) is 8.94. The van der Waals surface area contributed by atoms with Gasteiger partial charge in [-0.1, -0.05) is 0 Å². The quantitative estimate of drug-likeness (QED) is 0.542. The van der Waals surface area contributed by atoms with Crippen LogP contribution in [0.1, 0.15) is 43.4 Å². The van der Waals surface area contributed by atoms with Gasteiger partial charge in [0.1, 0.15) is 11.4 Å². The van der Waals surface area contributed by atoms with Crippen molar-refractivity contribution in [1.29, 1.82) is 0 Å². The molecule has 1 spiro atoms. The molecular formula is C25H23N3O7. The number of allylic oxidation sites excluding steroid dienone is 2. The zero-order chi connectivity index (χ0) is 24.6. The van der Waals surface area contributed by atoms with E-state index in [9.17, 15) is 14.4 Å². The van der Waals surface area contributed by atoms with Gasteiger partial charge < -0.3 is 33.8 Å². The molecule has 2 atom stereocenters. The Morgan fingerprint density at radius 2 is 1.77 bits per heavy atom. The normalized spacial score (nSPS) is 21.7. The number of ether oxygens (including phenoxy) is 4. The number of methoxy groups -OCH3 is 4. The topological polar surface area (TPSA) is 123 Å². The lowest BCUT2D eigenvalue weighted by Crippen LogP contribution is -2.33. The number of ketones is 1. The van der Waals surface area contributed by atoms with Crippen molar-refractivity contribution in [2.45, 2.75) is 11.8 Å².